The molecule has 2 nitrogen and oxygen atoms in total. The van der Waals surface area contributed by atoms with Gasteiger partial charge < -0.3 is 10.5 Å². The molecule has 0 saturated heterocycles. The van der Waals surface area contributed by atoms with Crippen LogP contribution in [0.15, 0.2) is 0 Å². The molecule has 0 aliphatic carbocycles. The van der Waals surface area contributed by atoms with Crippen molar-refractivity contribution in [1.29, 1.82) is 5.41 Å². The first-order valence-electron chi connectivity index (χ1n) is 4.95. The summed E-state index contributed by atoms with van der Waals surface area (Å²) >= 11 is 0. The van der Waals surface area contributed by atoms with E-state index in [0.717, 1.165) is 31.6 Å². The maximum Gasteiger partial charge on any atom is 0.0431 e. The Morgan fingerprint density at radius 1 is 1.33 bits per heavy atom. The highest BCUT2D eigenvalue weighted by molar-refractivity contribution is 5.52. The summed E-state index contributed by atoms with van der Waals surface area (Å²) in [4.78, 5) is 0. The molecule has 0 bridgehead atoms. The van der Waals surface area contributed by atoms with Gasteiger partial charge in [-0.25, -0.2) is 0 Å². The van der Waals surface area contributed by atoms with Crippen LogP contribution >= 0.6 is 0 Å². The van der Waals surface area contributed by atoms with Crippen molar-refractivity contribution >= 4 is 6.21 Å². The van der Waals surface area contributed by atoms with Crippen LogP contribution in [-0.2, 0) is 0 Å². The minimum Gasteiger partial charge on any atom is -0.396 e. The minimum atomic E-state index is 0.310. The summed E-state index contributed by atoms with van der Waals surface area (Å²) in [5.41, 5.74) is 0. The standard InChI is InChI=1S/C10H21NO/c1-2-5-10(6-3-8-11)7-4-9-12/h8,10-12H,2-7,9H2,1H3. The van der Waals surface area contributed by atoms with Crippen molar-refractivity contribution in [3.8, 4) is 0 Å². The Morgan fingerprint density at radius 2 is 2.08 bits per heavy atom. The third kappa shape index (κ3) is 6.35. The normalized spacial score (nSPS) is 12.8. The fraction of sp³-hybridized carbons (Fsp3) is 0.900. The zero-order valence-corrected chi connectivity index (χ0v) is 8.05. The van der Waals surface area contributed by atoms with E-state index in [1.54, 1.807) is 0 Å². The molecule has 72 valence electrons. The van der Waals surface area contributed by atoms with E-state index in [4.69, 9.17) is 10.5 Å². The van der Waals surface area contributed by atoms with Gasteiger partial charge in [-0.3, -0.25) is 0 Å². The topological polar surface area (TPSA) is 44.1 Å². The zero-order valence-electron chi connectivity index (χ0n) is 8.05. The van der Waals surface area contributed by atoms with E-state index in [9.17, 15) is 0 Å². The van der Waals surface area contributed by atoms with Gasteiger partial charge in [-0.1, -0.05) is 19.8 Å². The number of nitrogens with one attached hydrogen (secondary N) is 1. The molecule has 2 N–H and O–H groups in total. The third-order valence-electron chi connectivity index (χ3n) is 2.19. The first kappa shape index (κ1) is 11.6. The molecule has 0 rings (SSSR count). The number of hydrogen-bond donors (Lipinski definition) is 2. The van der Waals surface area contributed by atoms with Gasteiger partial charge >= 0.3 is 0 Å². The SMILES string of the molecule is CCCC(CCC=N)CCCO. The summed E-state index contributed by atoms with van der Waals surface area (Å²) in [5, 5.41) is 15.6. The van der Waals surface area contributed by atoms with Gasteiger partial charge in [-0.15, -0.1) is 0 Å². The average Bonchev–Trinajstić information content (AvgIpc) is 2.10. The fourth-order valence-electron chi connectivity index (χ4n) is 1.54. The fourth-order valence-corrected chi connectivity index (χ4v) is 1.54. The number of aliphatic hydroxyl groups is 1. The molecular weight excluding hydrogens is 150 g/mol. The molecule has 0 aliphatic heterocycles. The van der Waals surface area contributed by atoms with Gasteiger partial charge in [0.15, 0.2) is 0 Å². The highest BCUT2D eigenvalue weighted by Gasteiger charge is 2.05. The van der Waals surface area contributed by atoms with E-state index in [2.05, 4.69) is 6.92 Å². The van der Waals surface area contributed by atoms with Crippen molar-refractivity contribution in [3.05, 3.63) is 0 Å². The molecule has 0 saturated carbocycles. The lowest BCUT2D eigenvalue weighted by molar-refractivity contribution is 0.265. The molecule has 0 aromatic rings. The van der Waals surface area contributed by atoms with Gasteiger partial charge in [0.25, 0.3) is 0 Å². The van der Waals surface area contributed by atoms with Gasteiger partial charge in [0.1, 0.15) is 0 Å². The maximum atomic E-state index is 8.66. The van der Waals surface area contributed by atoms with Gasteiger partial charge in [0.05, 0.1) is 0 Å². The van der Waals surface area contributed by atoms with E-state index < -0.39 is 0 Å². The summed E-state index contributed by atoms with van der Waals surface area (Å²) in [5.74, 6) is 0.726. The zero-order chi connectivity index (χ0) is 9.23. The van der Waals surface area contributed by atoms with Crippen LogP contribution in [0.5, 0.6) is 0 Å². The predicted molar refractivity (Wildman–Crippen MR) is 52.7 cm³/mol. The first-order valence-corrected chi connectivity index (χ1v) is 4.95. The molecule has 0 heterocycles. The molecule has 12 heavy (non-hydrogen) atoms. The van der Waals surface area contributed by atoms with E-state index in [1.807, 2.05) is 0 Å². The van der Waals surface area contributed by atoms with Crippen LogP contribution in [0.25, 0.3) is 0 Å². The minimum absolute atomic E-state index is 0.310. The Balaban J connectivity index is 3.46. The molecule has 2 heteroatoms. The quantitative estimate of drug-likeness (QED) is 0.542. The second-order valence-electron chi connectivity index (χ2n) is 3.30. The van der Waals surface area contributed by atoms with E-state index in [-0.39, 0.29) is 0 Å². The van der Waals surface area contributed by atoms with Gasteiger partial charge in [-0.2, -0.15) is 0 Å². The average molecular weight is 171 g/mol. The van der Waals surface area contributed by atoms with Crippen molar-refractivity contribution in [2.45, 2.75) is 45.4 Å². The molecule has 0 spiro atoms. The maximum absolute atomic E-state index is 8.66. The van der Waals surface area contributed by atoms with Crippen LogP contribution < -0.4 is 0 Å². The Morgan fingerprint density at radius 3 is 2.58 bits per heavy atom. The largest absolute Gasteiger partial charge is 0.396 e. The summed E-state index contributed by atoms with van der Waals surface area (Å²) in [6.07, 6.45) is 8.01. The van der Waals surface area contributed by atoms with Crippen LogP contribution in [0.1, 0.15) is 45.4 Å². The smallest absolute Gasteiger partial charge is 0.0431 e. The second kappa shape index (κ2) is 8.72. The van der Waals surface area contributed by atoms with Crippen molar-refractivity contribution in [2.24, 2.45) is 5.92 Å². The number of hydrogen-bond acceptors (Lipinski definition) is 2. The monoisotopic (exact) mass is 171 g/mol. The molecule has 1 atom stereocenters. The number of aliphatic hydroxyl groups excluding tert-OH is 1. The lowest BCUT2D eigenvalue weighted by atomic mass is 9.93. The lowest BCUT2D eigenvalue weighted by Gasteiger charge is -2.13. The number of rotatable bonds is 8. The van der Waals surface area contributed by atoms with Gasteiger partial charge in [-0.05, 0) is 37.8 Å². The van der Waals surface area contributed by atoms with E-state index >= 15 is 0 Å². The Hall–Kier alpha value is -0.370. The predicted octanol–water partition coefficient (Wildman–Crippen LogP) is 2.60. The molecule has 0 aromatic carbocycles. The molecular formula is C10H21NO. The Kier molecular flexibility index (Phi) is 8.46. The molecule has 1 unspecified atom stereocenters. The first-order chi connectivity index (χ1) is 5.85. The molecule has 0 amide bonds. The third-order valence-corrected chi connectivity index (χ3v) is 2.19. The van der Waals surface area contributed by atoms with Crippen molar-refractivity contribution in [1.82, 2.24) is 0 Å². The second-order valence-corrected chi connectivity index (χ2v) is 3.30. The Labute approximate surface area is 75.5 Å². The highest BCUT2D eigenvalue weighted by atomic mass is 16.2. The van der Waals surface area contributed by atoms with Crippen molar-refractivity contribution in [2.75, 3.05) is 6.61 Å². The van der Waals surface area contributed by atoms with Crippen LogP contribution in [0.3, 0.4) is 0 Å². The summed E-state index contributed by atoms with van der Waals surface area (Å²) in [7, 11) is 0. The molecule has 0 aromatic heterocycles. The van der Waals surface area contributed by atoms with Gasteiger partial charge in [0.2, 0.25) is 0 Å². The summed E-state index contributed by atoms with van der Waals surface area (Å²) < 4.78 is 0. The van der Waals surface area contributed by atoms with E-state index in [0.29, 0.717) is 6.61 Å². The Bertz CT molecular complexity index is 104. The molecule has 0 radical (unpaired) electrons. The lowest BCUT2D eigenvalue weighted by Crippen LogP contribution is -2.01. The van der Waals surface area contributed by atoms with Crippen LogP contribution in [0.4, 0.5) is 0 Å². The van der Waals surface area contributed by atoms with E-state index in [1.165, 1.54) is 19.1 Å². The van der Waals surface area contributed by atoms with Gasteiger partial charge in [0, 0.05) is 6.61 Å². The van der Waals surface area contributed by atoms with Crippen LogP contribution in [0, 0.1) is 11.3 Å². The highest BCUT2D eigenvalue weighted by Crippen LogP contribution is 2.18. The summed E-state index contributed by atoms with van der Waals surface area (Å²) in [6, 6.07) is 0. The summed E-state index contributed by atoms with van der Waals surface area (Å²) in [6.45, 7) is 2.50. The molecule has 0 fully saturated rings. The van der Waals surface area contributed by atoms with Crippen LogP contribution in [0.2, 0.25) is 0 Å². The van der Waals surface area contributed by atoms with Crippen molar-refractivity contribution < 1.29 is 5.11 Å². The molecule has 0 aliphatic rings. The van der Waals surface area contributed by atoms with Crippen molar-refractivity contribution in [3.63, 3.8) is 0 Å². The van der Waals surface area contributed by atoms with Crippen LogP contribution in [-0.4, -0.2) is 17.9 Å².